The smallest absolute Gasteiger partial charge is 0.225 e. The van der Waals surface area contributed by atoms with Gasteiger partial charge in [0.25, 0.3) is 0 Å². The second-order valence-corrected chi connectivity index (χ2v) is 6.14. The lowest BCUT2D eigenvalue weighted by Gasteiger charge is -2.16. The summed E-state index contributed by atoms with van der Waals surface area (Å²) in [7, 11) is 0. The summed E-state index contributed by atoms with van der Waals surface area (Å²) in [6.07, 6.45) is 1.91. The quantitative estimate of drug-likeness (QED) is 0.715. The first-order chi connectivity index (χ1) is 12.6. The second-order valence-electron chi connectivity index (χ2n) is 6.14. The number of hydrogen-bond acceptors (Lipinski definition) is 4. The summed E-state index contributed by atoms with van der Waals surface area (Å²) >= 11 is 0. The van der Waals surface area contributed by atoms with E-state index in [0.29, 0.717) is 0 Å². The molecule has 0 bridgehead atoms. The minimum atomic E-state index is -0.421. The first-order valence-electron chi connectivity index (χ1n) is 8.52. The molecule has 0 saturated heterocycles. The predicted octanol–water partition coefficient (Wildman–Crippen LogP) is 2.28. The van der Waals surface area contributed by atoms with Crippen LogP contribution in [0.1, 0.15) is 28.6 Å². The van der Waals surface area contributed by atoms with E-state index in [2.05, 4.69) is 15.4 Å². The third kappa shape index (κ3) is 3.81. The van der Waals surface area contributed by atoms with Gasteiger partial charge in [-0.1, -0.05) is 36.4 Å². The van der Waals surface area contributed by atoms with E-state index in [1.807, 2.05) is 62.4 Å². The van der Waals surface area contributed by atoms with Crippen LogP contribution in [0.4, 0.5) is 0 Å². The molecule has 3 aromatic rings. The van der Waals surface area contributed by atoms with E-state index in [1.165, 1.54) is 0 Å². The molecule has 3 rings (SSSR count). The van der Waals surface area contributed by atoms with Gasteiger partial charge in [-0.25, -0.2) is 9.67 Å². The van der Waals surface area contributed by atoms with E-state index >= 15 is 0 Å². The molecule has 134 valence electrons. The maximum atomic E-state index is 12.5. The zero-order chi connectivity index (χ0) is 18.5. The van der Waals surface area contributed by atoms with Gasteiger partial charge in [0.2, 0.25) is 5.91 Å². The molecule has 6 heteroatoms. The first kappa shape index (κ1) is 17.8. The molecule has 2 heterocycles. The van der Waals surface area contributed by atoms with E-state index < -0.39 is 6.04 Å². The summed E-state index contributed by atoms with van der Waals surface area (Å²) in [5.41, 5.74) is 3.43. The van der Waals surface area contributed by atoms with Crippen molar-refractivity contribution in [1.82, 2.24) is 20.1 Å². The number of aromatic nitrogens is 3. The van der Waals surface area contributed by atoms with Crippen molar-refractivity contribution >= 4 is 5.91 Å². The number of aliphatic hydroxyl groups excluding tert-OH is 1. The summed E-state index contributed by atoms with van der Waals surface area (Å²) in [5, 5.41) is 17.0. The first-order valence-corrected chi connectivity index (χ1v) is 8.52. The lowest BCUT2D eigenvalue weighted by atomic mass is 10.1. The molecule has 0 fully saturated rings. The fraction of sp³-hybridized carbons (Fsp3) is 0.250. The van der Waals surface area contributed by atoms with Crippen LogP contribution in [0.25, 0.3) is 5.82 Å². The average molecular weight is 350 g/mol. The number of nitrogens with zero attached hydrogens (tertiary/aromatic N) is 3. The van der Waals surface area contributed by atoms with Gasteiger partial charge in [-0.3, -0.25) is 4.79 Å². The van der Waals surface area contributed by atoms with Gasteiger partial charge in [-0.15, -0.1) is 0 Å². The van der Waals surface area contributed by atoms with Crippen LogP contribution in [-0.2, 0) is 11.2 Å². The van der Waals surface area contributed by atoms with Crippen molar-refractivity contribution in [2.75, 3.05) is 6.61 Å². The molecule has 2 aromatic heterocycles. The Kier molecular flexibility index (Phi) is 5.43. The Morgan fingerprint density at radius 3 is 2.54 bits per heavy atom. The van der Waals surface area contributed by atoms with Crippen molar-refractivity contribution in [1.29, 1.82) is 0 Å². The minimum Gasteiger partial charge on any atom is -0.394 e. The molecule has 0 saturated carbocycles. The van der Waals surface area contributed by atoms with Crippen LogP contribution in [0.3, 0.4) is 0 Å². The molecule has 6 nitrogen and oxygen atoms in total. The molecular weight excluding hydrogens is 328 g/mol. The highest BCUT2D eigenvalue weighted by molar-refractivity contribution is 5.79. The second kappa shape index (κ2) is 7.93. The highest BCUT2D eigenvalue weighted by Gasteiger charge is 2.19. The number of hydrogen-bond donors (Lipinski definition) is 2. The van der Waals surface area contributed by atoms with Gasteiger partial charge in [0.1, 0.15) is 0 Å². The molecule has 0 aliphatic rings. The van der Waals surface area contributed by atoms with Gasteiger partial charge in [0, 0.05) is 17.5 Å². The number of carbonyl (C=O) groups excluding carboxylic acids is 1. The maximum Gasteiger partial charge on any atom is 0.225 e. The SMILES string of the molecule is Cc1nn(-c2ccccn2)c(C)c1CC(=O)N[C@H](CO)c1ccccc1. The van der Waals surface area contributed by atoms with Gasteiger partial charge in [0.15, 0.2) is 5.82 Å². The Morgan fingerprint density at radius 2 is 1.88 bits per heavy atom. The number of benzene rings is 1. The standard InChI is InChI=1S/C20H22N4O2/c1-14-17(15(2)24(23-14)19-10-6-7-11-21-19)12-20(26)22-18(13-25)16-8-4-3-5-9-16/h3-11,18,25H,12-13H2,1-2H3,(H,22,26)/t18-/m1/s1. The minimum absolute atomic E-state index is 0.152. The van der Waals surface area contributed by atoms with Crippen molar-refractivity contribution < 1.29 is 9.90 Å². The van der Waals surface area contributed by atoms with Crippen LogP contribution < -0.4 is 5.32 Å². The number of aryl methyl sites for hydroxylation is 1. The van der Waals surface area contributed by atoms with E-state index in [-0.39, 0.29) is 18.9 Å². The van der Waals surface area contributed by atoms with Gasteiger partial charge in [0.05, 0.1) is 24.8 Å². The zero-order valence-corrected chi connectivity index (χ0v) is 14.9. The molecule has 0 unspecified atom stereocenters. The number of amides is 1. The molecule has 0 radical (unpaired) electrons. The summed E-state index contributed by atoms with van der Waals surface area (Å²) in [5.74, 6) is 0.567. The summed E-state index contributed by atoms with van der Waals surface area (Å²) < 4.78 is 1.75. The molecule has 0 aliphatic carbocycles. The molecule has 26 heavy (non-hydrogen) atoms. The summed E-state index contributed by atoms with van der Waals surface area (Å²) in [6.45, 7) is 3.66. The normalized spacial score (nSPS) is 12.0. The fourth-order valence-corrected chi connectivity index (χ4v) is 2.96. The van der Waals surface area contributed by atoms with Crippen molar-refractivity contribution in [2.45, 2.75) is 26.3 Å². The van der Waals surface area contributed by atoms with Gasteiger partial charge in [-0.05, 0) is 31.5 Å². The van der Waals surface area contributed by atoms with Crippen LogP contribution in [0.5, 0.6) is 0 Å². The Morgan fingerprint density at radius 1 is 1.15 bits per heavy atom. The summed E-state index contributed by atoms with van der Waals surface area (Å²) in [4.78, 5) is 16.8. The summed E-state index contributed by atoms with van der Waals surface area (Å²) in [6, 6.07) is 14.6. The monoisotopic (exact) mass is 350 g/mol. The Hall–Kier alpha value is -2.99. The Bertz CT molecular complexity index is 876. The maximum absolute atomic E-state index is 12.5. The van der Waals surface area contributed by atoms with Crippen molar-refractivity contribution in [3.05, 3.63) is 77.2 Å². The van der Waals surface area contributed by atoms with E-state index in [1.54, 1.807) is 10.9 Å². The predicted molar refractivity (Wildman–Crippen MR) is 98.9 cm³/mol. The van der Waals surface area contributed by atoms with Crippen LogP contribution in [0.15, 0.2) is 54.7 Å². The van der Waals surface area contributed by atoms with Crippen LogP contribution in [0.2, 0.25) is 0 Å². The van der Waals surface area contributed by atoms with Crippen LogP contribution in [0, 0.1) is 13.8 Å². The largest absolute Gasteiger partial charge is 0.394 e. The molecule has 1 atom stereocenters. The third-order valence-corrected chi connectivity index (χ3v) is 4.36. The fourth-order valence-electron chi connectivity index (χ4n) is 2.96. The molecule has 1 amide bonds. The van der Waals surface area contributed by atoms with Crippen LogP contribution in [-0.4, -0.2) is 32.4 Å². The zero-order valence-electron chi connectivity index (χ0n) is 14.9. The van der Waals surface area contributed by atoms with E-state index in [0.717, 1.165) is 28.3 Å². The van der Waals surface area contributed by atoms with Crippen molar-refractivity contribution in [3.8, 4) is 5.82 Å². The molecule has 2 N–H and O–H groups in total. The Balaban J connectivity index is 1.76. The molecule has 0 aliphatic heterocycles. The van der Waals surface area contributed by atoms with Gasteiger partial charge < -0.3 is 10.4 Å². The van der Waals surface area contributed by atoms with E-state index in [4.69, 9.17) is 0 Å². The molecular formula is C20H22N4O2. The van der Waals surface area contributed by atoms with Gasteiger partial charge >= 0.3 is 0 Å². The van der Waals surface area contributed by atoms with Crippen molar-refractivity contribution in [3.63, 3.8) is 0 Å². The third-order valence-electron chi connectivity index (χ3n) is 4.36. The number of rotatable bonds is 6. The lowest BCUT2D eigenvalue weighted by Crippen LogP contribution is -2.32. The van der Waals surface area contributed by atoms with Gasteiger partial charge in [-0.2, -0.15) is 5.10 Å². The van der Waals surface area contributed by atoms with Crippen LogP contribution >= 0.6 is 0 Å². The average Bonchev–Trinajstić information content (AvgIpc) is 2.95. The number of pyridine rings is 1. The number of nitrogens with one attached hydrogen (secondary N) is 1. The molecule has 1 aromatic carbocycles. The topological polar surface area (TPSA) is 80.0 Å². The molecule has 0 spiro atoms. The number of carbonyl (C=O) groups is 1. The number of aliphatic hydroxyl groups is 1. The highest BCUT2D eigenvalue weighted by Crippen LogP contribution is 2.18. The Labute approximate surface area is 152 Å². The van der Waals surface area contributed by atoms with E-state index in [9.17, 15) is 9.90 Å². The van der Waals surface area contributed by atoms with Crippen molar-refractivity contribution in [2.24, 2.45) is 0 Å². The highest BCUT2D eigenvalue weighted by atomic mass is 16.3. The lowest BCUT2D eigenvalue weighted by molar-refractivity contribution is -0.121.